The van der Waals surface area contributed by atoms with E-state index in [-0.39, 0.29) is 12.2 Å². The highest BCUT2D eigenvalue weighted by Gasteiger charge is 2.29. The smallest absolute Gasteiger partial charge is 0.410 e. The highest BCUT2D eigenvalue weighted by atomic mass is 32.1. The van der Waals surface area contributed by atoms with Crippen LogP contribution in [0.4, 0.5) is 9.59 Å². The molecule has 7 nitrogen and oxygen atoms in total. The molecule has 2 aromatic rings. The Kier molecular flexibility index (Phi) is 7.13. The molecule has 0 bridgehead atoms. The maximum atomic E-state index is 12.6. The second-order valence-electron chi connectivity index (χ2n) is 11.5. The van der Waals surface area contributed by atoms with Gasteiger partial charge in [-0.3, -0.25) is 0 Å². The van der Waals surface area contributed by atoms with Gasteiger partial charge in [0.25, 0.3) is 0 Å². The molecule has 1 aromatic heterocycles. The van der Waals surface area contributed by atoms with Gasteiger partial charge in [-0.05, 0) is 78.0 Å². The molecule has 190 valence electrons. The number of ether oxygens (including phenoxy) is 2. The van der Waals surface area contributed by atoms with Crippen molar-refractivity contribution >= 4 is 23.5 Å². The molecule has 0 unspecified atom stereocenters. The van der Waals surface area contributed by atoms with E-state index < -0.39 is 11.2 Å². The van der Waals surface area contributed by atoms with E-state index in [2.05, 4.69) is 23.6 Å². The van der Waals surface area contributed by atoms with E-state index in [1.807, 2.05) is 41.5 Å². The largest absolute Gasteiger partial charge is 0.444 e. The van der Waals surface area contributed by atoms with Crippen LogP contribution in [0.15, 0.2) is 23.6 Å². The summed E-state index contributed by atoms with van der Waals surface area (Å²) in [6, 6.07) is 6.47. The zero-order valence-corrected chi connectivity index (χ0v) is 22.5. The predicted molar refractivity (Wildman–Crippen MR) is 138 cm³/mol. The summed E-state index contributed by atoms with van der Waals surface area (Å²) in [7, 11) is 0. The number of hydrogen-bond acceptors (Lipinski definition) is 6. The summed E-state index contributed by atoms with van der Waals surface area (Å²) >= 11 is 1.66. The maximum absolute atomic E-state index is 12.6. The lowest BCUT2D eigenvalue weighted by atomic mass is 9.94. The van der Waals surface area contributed by atoms with E-state index in [1.165, 1.54) is 5.56 Å². The molecule has 0 spiro atoms. The molecule has 2 aliphatic heterocycles. The van der Waals surface area contributed by atoms with Gasteiger partial charge in [0.2, 0.25) is 0 Å². The minimum absolute atomic E-state index is 0.232. The van der Waals surface area contributed by atoms with Crippen LogP contribution in [-0.4, -0.2) is 57.8 Å². The number of rotatable bonds is 2. The van der Waals surface area contributed by atoms with E-state index in [0.29, 0.717) is 32.1 Å². The Morgan fingerprint density at radius 1 is 0.914 bits per heavy atom. The Morgan fingerprint density at radius 3 is 2.17 bits per heavy atom. The fraction of sp³-hybridized carbons (Fsp3) is 0.593. The third-order valence-electron chi connectivity index (χ3n) is 6.20. The van der Waals surface area contributed by atoms with Crippen LogP contribution < -0.4 is 0 Å². The maximum Gasteiger partial charge on any atom is 0.410 e. The van der Waals surface area contributed by atoms with Crippen molar-refractivity contribution in [1.29, 1.82) is 0 Å². The fourth-order valence-corrected chi connectivity index (χ4v) is 5.36. The summed E-state index contributed by atoms with van der Waals surface area (Å²) in [5, 5.41) is 3.14. The van der Waals surface area contributed by atoms with E-state index in [0.717, 1.165) is 41.1 Å². The number of aromatic nitrogens is 1. The van der Waals surface area contributed by atoms with Crippen molar-refractivity contribution in [2.45, 2.75) is 84.5 Å². The van der Waals surface area contributed by atoms with Crippen LogP contribution >= 0.6 is 11.3 Å². The number of carbonyl (C=O) groups excluding carboxylic acids is 2. The van der Waals surface area contributed by atoms with Crippen molar-refractivity contribution in [2.75, 3.05) is 19.6 Å². The monoisotopic (exact) mass is 499 g/mol. The van der Waals surface area contributed by atoms with Gasteiger partial charge in [0, 0.05) is 43.0 Å². The number of nitrogens with zero attached hydrogens (tertiary/aromatic N) is 3. The molecule has 4 rings (SSSR count). The molecule has 2 amide bonds. The summed E-state index contributed by atoms with van der Waals surface area (Å²) in [4.78, 5) is 33.5. The van der Waals surface area contributed by atoms with Gasteiger partial charge in [0.1, 0.15) is 16.2 Å². The van der Waals surface area contributed by atoms with Crippen LogP contribution in [-0.2, 0) is 22.4 Å². The summed E-state index contributed by atoms with van der Waals surface area (Å²) in [5.41, 5.74) is 3.64. The second-order valence-corrected chi connectivity index (χ2v) is 12.3. The molecule has 0 N–H and O–H groups in total. The number of carbonyl (C=O) groups is 2. The normalized spacial score (nSPS) is 17.2. The van der Waals surface area contributed by atoms with Crippen molar-refractivity contribution < 1.29 is 19.1 Å². The number of likely N-dealkylation sites (tertiary alicyclic amines) is 1. The molecule has 2 aliphatic rings. The molecule has 35 heavy (non-hydrogen) atoms. The Labute approximate surface area is 212 Å². The Bertz CT molecular complexity index is 1070. The van der Waals surface area contributed by atoms with Crippen LogP contribution in [0.25, 0.3) is 10.6 Å². The van der Waals surface area contributed by atoms with Gasteiger partial charge >= 0.3 is 12.2 Å². The summed E-state index contributed by atoms with van der Waals surface area (Å²) < 4.78 is 11.1. The first-order valence-electron chi connectivity index (χ1n) is 12.4. The number of benzene rings is 1. The molecule has 0 aliphatic carbocycles. The minimum Gasteiger partial charge on any atom is -0.444 e. The van der Waals surface area contributed by atoms with Crippen molar-refractivity contribution in [3.63, 3.8) is 0 Å². The van der Waals surface area contributed by atoms with E-state index in [4.69, 9.17) is 14.5 Å². The zero-order valence-electron chi connectivity index (χ0n) is 21.7. The average Bonchev–Trinajstić information content (AvgIpc) is 3.26. The first-order valence-corrected chi connectivity index (χ1v) is 13.3. The molecule has 1 fully saturated rings. The van der Waals surface area contributed by atoms with Crippen molar-refractivity contribution in [1.82, 2.24) is 14.8 Å². The van der Waals surface area contributed by atoms with E-state index in [9.17, 15) is 9.59 Å². The van der Waals surface area contributed by atoms with Crippen molar-refractivity contribution in [3.05, 3.63) is 40.4 Å². The van der Waals surface area contributed by atoms with Gasteiger partial charge in [-0.2, -0.15) is 0 Å². The summed E-state index contributed by atoms with van der Waals surface area (Å²) in [6.45, 7) is 14.0. The minimum atomic E-state index is -0.500. The van der Waals surface area contributed by atoms with Gasteiger partial charge in [0.15, 0.2) is 0 Å². The molecule has 8 heteroatoms. The molecule has 0 saturated carbocycles. The van der Waals surface area contributed by atoms with E-state index in [1.54, 1.807) is 21.1 Å². The van der Waals surface area contributed by atoms with Crippen LogP contribution in [0.5, 0.6) is 0 Å². The quantitative estimate of drug-likeness (QED) is 0.491. The van der Waals surface area contributed by atoms with Gasteiger partial charge in [-0.25, -0.2) is 14.6 Å². The number of thiazole rings is 1. The topological polar surface area (TPSA) is 72.0 Å². The first kappa shape index (κ1) is 25.5. The standard InChI is InChI=1S/C27H37N3O4S/c1-26(2,3)33-24(31)29-12-10-19(11-13-29)22-17-35-23(28-22)20-8-7-18-9-14-30(16-21(18)15-20)25(32)34-27(4,5)6/h7-8,15,17,19H,9-14,16H2,1-6H3. The predicted octanol–water partition coefficient (Wildman–Crippen LogP) is 6.22. The third-order valence-corrected chi connectivity index (χ3v) is 7.11. The fourth-order valence-electron chi connectivity index (χ4n) is 4.46. The van der Waals surface area contributed by atoms with Crippen LogP contribution in [0.1, 0.15) is 77.1 Å². The van der Waals surface area contributed by atoms with Crippen molar-refractivity contribution in [3.8, 4) is 10.6 Å². The lowest BCUT2D eigenvalue weighted by Gasteiger charge is -2.33. The van der Waals surface area contributed by atoms with E-state index >= 15 is 0 Å². The van der Waals surface area contributed by atoms with Crippen LogP contribution in [0.2, 0.25) is 0 Å². The lowest BCUT2D eigenvalue weighted by Crippen LogP contribution is -2.41. The van der Waals surface area contributed by atoms with Crippen molar-refractivity contribution in [2.24, 2.45) is 0 Å². The number of amides is 2. The molecule has 0 atom stereocenters. The molecule has 1 saturated heterocycles. The van der Waals surface area contributed by atoms with Gasteiger partial charge in [-0.15, -0.1) is 11.3 Å². The summed E-state index contributed by atoms with van der Waals surface area (Å²) in [6.07, 6.45) is 2.11. The molecular formula is C27H37N3O4S. The molecule has 3 heterocycles. The second kappa shape index (κ2) is 9.80. The highest BCUT2D eigenvalue weighted by Crippen LogP contribution is 2.34. The third kappa shape index (κ3) is 6.54. The van der Waals surface area contributed by atoms with Crippen LogP contribution in [0, 0.1) is 0 Å². The molecule has 0 radical (unpaired) electrons. The number of fused-ring (bicyclic) bond motifs is 1. The van der Waals surface area contributed by atoms with Gasteiger partial charge in [0.05, 0.1) is 5.69 Å². The Balaban J connectivity index is 1.40. The Hall–Kier alpha value is -2.61. The molecule has 1 aromatic carbocycles. The van der Waals surface area contributed by atoms with Gasteiger partial charge < -0.3 is 19.3 Å². The molecular weight excluding hydrogens is 462 g/mol. The Morgan fingerprint density at radius 2 is 1.54 bits per heavy atom. The lowest BCUT2D eigenvalue weighted by molar-refractivity contribution is 0.0199. The SMILES string of the molecule is CC(C)(C)OC(=O)N1CCC(c2csc(-c3ccc4c(c3)CN(C(=O)OC(C)(C)C)CC4)n2)CC1. The zero-order chi connectivity index (χ0) is 25.4. The number of hydrogen-bond donors (Lipinski definition) is 0. The average molecular weight is 500 g/mol. The number of piperidine rings is 1. The summed E-state index contributed by atoms with van der Waals surface area (Å²) in [5.74, 6) is 0.346. The van der Waals surface area contributed by atoms with Crippen LogP contribution in [0.3, 0.4) is 0 Å². The first-order chi connectivity index (χ1) is 16.4. The highest BCUT2D eigenvalue weighted by molar-refractivity contribution is 7.13. The van der Waals surface area contributed by atoms with Gasteiger partial charge in [-0.1, -0.05) is 12.1 Å².